The molecule has 0 aromatic carbocycles. The Morgan fingerprint density at radius 1 is 1.10 bits per heavy atom. The minimum absolute atomic E-state index is 0.186. The highest BCUT2D eigenvalue weighted by atomic mass is 16.5. The van der Waals surface area contributed by atoms with Crippen LogP contribution in [0.4, 0.5) is 5.69 Å². The average Bonchev–Trinajstić information content (AvgIpc) is 2.56. The molecule has 2 fully saturated rings. The zero-order valence-corrected chi connectivity index (χ0v) is 11.7. The molecule has 0 aliphatic carbocycles. The smallest absolute Gasteiger partial charge is 0.225 e. The van der Waals surface area contributed by atoms with Crippen molar-refractivity contribution in [1.82, 2.24) is 9.88 Å². The van der Waals surface area contributed by atoms with E-state index in [1.165, 1.54) is 5.69 Å². The van der Waals surface area contributed by atoms with Crippen molar-refractivity contribution in [3.8, 4) is 0 Å². The minimum atomic E-state index is 0.186. The summed E-state index contributed by atoms with van der Waals surface area (Å²) in [5, 5.41) is 0. The number of carbonyl (C=O) groups excluding carboxylic acids is 1. The molecule has 0 spiro atoms. The first-order valence-corrected chi connectivity index (χ1v) is 7.36. The number of ether oxygens (including phenoxy) is 1. The number of nitrogens with zero attached hydrogens (tertiary/aromatic N) is 3. The summed E-state index contributed by atoms with van der Waals surface area (Å²) < 4.78 is 5.30. The summed E-state index contributed by atoms with van der Waals surface area (Å²) in [6.07, 6.45) is 5.53. The summed E-state index contributed by atoms with van der Waals surface area (Å²) in [4.78, 5) is 20.8. The number of morpholine rings is 1. The van der Waals surface area contributed by atoms with Gasteiger partial charge in [-0.3, -0.25) is 9.78 Å². The molecular formula is C15H21N3O2. The van der Waals surface area contributed by atoms with Gasteiger partial charge in [-0.05, 0) is 25.0 Å². The summed E-state index contributed by atoms with van der Waals surface area (Å²) in [6.45, 7) is 4.77. The fourth-order valence-electron chi connectivity index (χ4n) is 2.98. The van der Waals surface area contributed by atoms with Gasteiger partial charge in [0, 0.05) is 50.2 Å². The van der Waals surface area contributed by atoms with E-state index in [4.69, 9.17) is 4.74 Å². The fraction of sp³-hybridized carbons (Fsp3) is 0.600. The number of pyridine rings is 1. The van der Waals surface area contributed by atoms with Crippen LogP contribution in [0.2, 0.25) is 0 Å². The Morgan fingerprint density at radius 2 is 1.75 bits per heavy atom. The van der Waals surface area contributed by atoms with Gasteiger partial charge in [0.15, 0.2) is 0 Å². The molecule has 20 heavy (non-hydrogen) atoms. The highest BCUT2D eigenvalue weighted by Gasteiger charge is 2.29. The summed E-state index contributed by atoms with van der Waals surface area (Å²) in [5.41, 5.74) is 1.21. The van der Waals surface area contributed by atoms with E-state index in [0.29, 0.717) is 19.1 Å². The van der Waals surface area contributed by atoms with Gasteiger partial charge < -0.3 is 14.5 Å². The summed E-state index contributed by atoms with van der Waals surface area (Å²) >= 11 is 0. The van der Waals surface area contributed by atoms with Crippen LogP contribution in [0.25, 0.3) is 0 Å². The van der Waals surface area contributed by atoms with E-state index in [1.54, 1.807) is 0 Å². The molecule has 0 saturated carbocycles. The molecule has 5 heteroatoms. The number of carbonyl (C=O) groups is 1. The molecule has 1 amide bonds. The molecule has 3 rings (SSSR count). The zero-order valence-electron chi connectivity index (χ0n) is 11.7. The Balaban J connectivity index is 1.54. The number of hydrogen-bond donors (Lipinski definition) is 0. The maximum Gasteiger partial charge on any atom is 0.225 e. The summed E-state index contributed by atoms with van der Waals surface area (Å²) in [7, 11) is 0. The third-order valence-corrected chi connectivity index (χ3v) is 4.19. The van der Waals surface area contributed by atoms with Crippen LogP contribution in [0.5, 0.6) is 0 Å². The molecule has 0 bridgehead atoms. The van der Waals surface area contributed by atoms with Crippen molar-refractivity contribution in [2.24, 2.45) is 5.92 Å². The molecule has 3 heterocycles. The maximum atomic E-state index is 12.4. The van der Waals surface area contributed by atoms with E-state index >= 15 is 0 Å². The first-order chi connectivity index (χ1) is 9.84. The number of hydrogen-bond acceptors (Lipinski definition) is 4. The predicted octanol–water partition coefficient (Wildman–Crippen LogP) is 1.16. The second kappa shape index (κ2) is 6.22. The van der Waals surface area contributed by atoms with Gasteiger partial charge in [0.2, 0.25) is 5.91 Å². The first-order valence-electron chi connectivity index (χ1n) is 7.36. The molecule has 108 valence electrons. The Morgan fingerprint density at radius 3 is 2.40 bits per heavy atom. The third-order valence-electron chi connectivity index (χ3n) is 4.19. The highest BCUT2D eigenvalue weighted by molar-refractivity contribution is 5.79. The SMILES string of the molecule is O=C(C1CCN(c2ccncc2)CC1)N1CCOCC1. The maximum absolute atomic E-state index is 12.4. The standard InChI is InChI=1S/C15H21N3O2/c19-15(18-9-11-20-12-10-18)13-3-7-17(8-4-13)14-1-5-16-6-2-14/h1-2,5-6,13H,3-4,7-12H2. The van der Waals surface area contributed by atoms with E-state index in [1.807, 2.05) is 29.4 Å². The monoisotopic (exact) mass is 275 g/mol. The third kappa shape index (κ3) is 2.93. The van der Waals surface area contributed by atoms with Crippen molar-refractivity contribution in [3.63, 3.8) is 0 Å². The molecule has 2 aliphatic rings. The van der Waals surface area contributed by atoms with Crippen LogP contribution < -0.4 is 4.90 Å². The van der Waals surface area contributed by atoms with Crippen molar-refractivity contribution >= 4 is 11.6 Å². The van der Waals surface area contributed by atoms with Gasteiger partial charge in [-0.1, -0.05) is 0 Å². The largest absolute Gasteiger partial charge is 0.378 e. The van der Waals surface area contributed by atoms with Crippen molar-refractivity contribution in [2.75, 3.05) is 44.3 Å². The topological polar surface area (TPSA) is 45.7 Å². The average molecular weight is 275 g/mol. The minimum Gasteiger partial charge on any atom is -0.378 e. The molecule has 1 aromatic heterocycles. The quantitative estimate of drug-likeness (QED) is 0.812. The number of anilines is 1. The lowest BCUT2D eigenvalue weighted by Crippen LogP contribution is -2.46. The molecular weight excluding hydrogens is 254 g/mol. The number of aromatic nitrogens is 1. The molecule has 1 aromatic rings. The van der Waals surface area contributed by atoms with Gasteiger partial charge in [-0.25, -0.2) is 0 Å². The van der Waals surface area contributed by atoms with Gasteiger partial charge >= 0.3 is 0 Å². The highest BCUT2D eigenvalue weighted by Crippen LogP contribution is 2.24. The molecule has 2 saturated heterocycles. The van der Waals surface area contributed by atoms with E-state index in [-0.39, 0.29) is 5.92 Å². The van der Waals surface area contributed by atoms with E-state index in [9.17, 15) is 4.79 Å². The van der Waals surface area contributed by atoms with Gasteiger partial charge in [0.05, 0.1) is 13.2 Å². The van der Waals surface area contributed by atoms with E-state index in [0.717, 1.165) is 39.0 Å². The second-order valence-electron chi connectivity index (χ2n) is 5.40. The van der Waals surface area contributed by atoms with Gasteiger partial charge in [0.1, 0.15) is 0 Å². The van der Waals surface area contributed by atoms with Crippen LogP contribution in [0.1, 0.15) is 12.8 Å². The van der Waals surface area contributed by atoms with Crippen LogP contribution >= 0.6 is 0 Å². The normalized spacial score (nSPS) is 21.0. The molecule has 5 nitrogen and oxygen atoms in total. The summed E-state index contributed by atoms with van der Waals surface area (Å²) in [5.74, 6) is 0.508. The number of rotatable bonds is 2. The van der Waals surface area contributed by atoms with Crippen LogP contribution in [0.3, 0.4) is 0 Å². The van der Waals surface area contributed by atoms with E-state index < -0.39 is 0 Å². The van der Waals surface area contributed by atoms with Crippen LogP contribution in [-0.2, 0) is 9.53 Å². The molecule has 0 unspecified atom stereocenters. The van der Waals surface area contributed by atoms with E-state index in [2.05, 4.69) is 9.88 Å². The van der Waals surface area contributed by atoms with Crippen LogP contribution in [0, 0.1) is 5.92 Å². The lowest BCUT2D eigenvalue weighted by Gasteiger charge is -2.36. The van der Waals surface area contributed by atoms with Gasteiger partial charge in [0.25, 0.3) is 0 Å². The van der Waals surface area contributed by atoms with Crippen LogP contribution in [0.15, 0.2) is 24.5 Å². The van der Waals surface area contributed by atoms with Crippen LogP contribution in [-0.4, -0.2) is 55.2 Å². The summed E-state index contributed by atoms with van der Waals surface area (Å²) in [6, 6.07) is 4.06. The zero-order chi connectivity index (χ0) is 13.8. The Labute approximate surface area is 119 Å². The lowest BCUT2D eigenvalue weighted by atomic mass is 9.95. The predicted molar refractivity (Wildman–Crippen MR) is 76.6 cm³/mol. The van der Waals surface area contributed by atoms with Crippen molar-refractivity contribution in [3.05, 3.63) is 24.5 Å². The number of amides is 1. The van der Waals surface area contributed by atoms with Gasteiger partial charge in [-0.2, -0.15) is 0 Å². The van der Waals surface area contributed by atoms with Crippen molar-refractivity contribution in [1.29, 1.82) is 0 Å². The Hall–Kier alpha value is -1.62. The molecule has 0 radical (unpaired) electrons. The fourth-order valence-corrected chi connectivity index (χ4v) is 2.98. The first kappa shape index (κ1) is 13.4. The van der Waals surface area contributed by atoms with Crippen molar-refractivity contribution < 1.29 is 9.53 Å². The molecule has 0 N–H and O–H groups in total. The lowest BCUT2D eigenvalue weighted by molar-refractivity contribution is -0.140. The van der Waals surface area contributed by atoms with Crippen molar-refractivity contribution in [2.45, 2.75) is 12.8 Å². The molecule has 2 aliphatic heterocycles. The second-order valence-corrected chi connectivity index (χ2v) is 5.40. The Bertz CT molecular complexity index is 438. The van der Waals surface area contributed by atoms with Gasteiger partial charge in [-0.15, -0.1) is 0 Å². The molecule has 0 atom stereocenters. The Kier molecular flexibility index (Phi) is 4.16. The number of piperidine rings is 1.